The number of carbonyl (C=O) groups excluding carboxylic acids is 2. The zero-order valence-corrected chi connectivity index (χ0v) is 12.8. The Morgan fingerprint density at radius 3 is 2.60 bits per heavy atom. The van der Waals surface area contributed by atoms with Gasteiger partial charge in [-0.1, -0.05) is 18.2 Å². The van der Waals surface area contributed by atoms with Gasteiger partial charge in [-0.15, -0.1) is 0 Å². The van der Waals surface area contributed by atoms with Gasteiger partial charge in [0.25, 0.3) is 5.91 Å². The second kappa shape index (κ2) is 8.39. The Labute approximate surface area is 141 Å². The van der Waals surface area contributed by atoms with Crippen LogP contribution in [0, 0.1) is 15.9 Å². The van der Waals surface area contributed by atoms with E-state index in [0.29, 0.717) is 0 Å². The standard InChI is InChI=1S/C16H13FN2O6/c17-11-4-3-5-12(8-11)18-15(20)9-25-16(21)10-24-14-7-2-1-6-13(14)19(22)23/h1-8H,9-10H2,(H,18,20). The minimum absolute atomic E-state index is 0.0892. The van der Waals surface area contributed by atoms with E-state index < -0.39 is 35.8 Å². The third-order valence-electron chi connectivity index (χ3n) is 2.88. The maximum absolute atomic E-state index is 13.0. The van der Waals surface area contributed by atoms with Crippen molar-refractivity contribution in [2.24, 2.45) is 0 Å². The SMILES string of the molecule is O=C(COC(=O)COc1ccccc1[N+](=O)[O-])Nc1cccc(F)c1. The molecule has 0 unspecified atom stereocenters. The van der Waals surface area contributed by atoms with Gasteiger partial charge in [0, 0.05) is 11.8 Å². The molecule has 130 valence electrons. The molecule has 0 atom stereocenters. The fraction of sp³-hybridized carbons (Fsp3) is 0.125. The van der Waals surface area contributed by atoms with E-state index in [0.717, 1.165) is 6.07 Å². The number of rotatable bonds is 7. The lowest BCUT2D eigenvalue weighted by molar-refractivity contribution is -0.385. The summed E-state index contributed by atoms with van der Waals surface area (Å²) in [5.74, 6) is -2.15. The number of nitro benzene ring substituents is 1. The summed E-state index contributed by atoms with van der Waals surface area (Å²) >= 11 is 0. The van der Waals surface area contributed by atoms with Gasteiger partial charge in [0.1, 0.15) is 5.82 Å². The fourth-order valence-corrected chi connectivity index (χ4v) is 1.82. The van der Waals surface area contributed by atoms with E-state index in [9.17, 15) is 24.1 Å². The lowest BCUT2D eigenvalue weighted by Crippen LogP contribution is -2.23. The molecule has 1 N–H and O–H groups in total. The molecule has 1 amide bonds. The number of esters is 1. The number of carbonyl (C=O) groups is 2. The Balaban J connectivity index is 1.79. The van der Waals surface area contributed by atoms with Gasteiger partial charge >= 0.3 is 11.7 Å². The van der Waals surface area contributed by atoms with E-state index in [2.05, 4.69) is 10.1 Å². The second-order valence-corrected chi connectivity index (χ2v) is 4.73. The summed E-state index contributed by atoms with van der Waals surface area (Å²) in [5.41, 5.74) is -0.0728. The van der Waals surface area contributed by atoms with Crippen LogP contribution in [0.4, 0.5) is 15.8 Å². The lowest BCUT2D eigenvalue weighted by Gasteiger charge is -2.08. The van der Waals surface area contributed by atoms with Crippen LogP contribution in [0.3, 0.4) is 0 Å². The van der Waals surface area contributed by atoms with Gasteiger partial charge in [0.2, 0.25) is 0 Å². The highest BCUT2D eigenvalue weighted by atomic mass is 19.1. The van der Waals surface area contributed by atoms with Crippen molar-refractivity contribution in [1.29, 1.82) is 0 Å². The number of hydrogen-bond acceptors (Lipinski definition) is 6. The third-order valence-corrected chi connectivity index (χ3v) is 2.88. The highest BCUT2D eigenvalue weighted by Crippen LogP contribution is 2.25. The molecule has 25 heavy (non-hydrogen) atoms. The number of halogens is 1. The topological polar surface area (TPSA) is 108 Å². The van der Waals surface area contributed by atoms with Crippen molar-refractivity contribution in [3.8, 4) is 5.75 Å². The molecule has 2 rings (SSSR count). The number of anilines is 1. The predicted octanol–water partition coefficient (Wildman–Crippen LogP) is 2.29. The first-order valence-corrected chi connectivity index (χ1v) is 7.03. The average molecular weight is 348 g/mol. The number of para-hydroxylation sites is 2. The van der Waals surface area contributed by atoms with Crippen LogP contribution in [0.2, 0.25) is 0 Å². The quantitative estimate of drug-likeness (QED) is 0.467. The number of nitrogens with one attached hydrogen (secondary N) is 1. The Kier molecular flexibility index (Phi) is 5.99. The molecule has 0 saturated carbocycles. The summed E-state index contributed by atoms with van der Waals surface area (Å²) in [6.07, 6.45) is 0. The van der Waals surface area contributed by atoms with Crippen molar-refractivity contribution >= 4 is 23.3 Å². The van der Waals surface area contributed by atoms with Crippen LogP contribution in [0.1, 0.15) is 0 Å². The third kappa shape index (κ3) is 5.57. The van der Waals surface area contributed by atoms with E-state index in [1.54, 1.807) is 0 Å². The van der Waals surface area contributed by atoms with Crippen LogP contribution in [0.15, 0.2) is 48.5 Å². The summed E-state index contributed by atoms with van der Waals surface area (Å²) in [6.45, 7) is -1.20. The maximum atomic E-state index is 13.0. The van der Waals surface area contributed by atoms with Crippen LogP contribution in [-0.4, -0.2) is 30.0 Å². The van der Waals surface area contributed by atoms with Crippen molar-refractivity contribution < 1.29 is 28.4 Å². The largest absolute Gasteiger partial charge is 0.475 e. The molecule has 0 radical (unpaired) electrons. The van der Waals surface area contributed by atoms with Gasteiger partial charge < -0.3 is 14.8 Å². The average Bonchev–Trinajstić information content (AvgIpc) is 2.58. The molecule has 2 aromatic rings. The van der Waals surface area contributed by atoms with Gasteiger partial charge in [0.15, 0.2) is 19.0 Å². The maximum Gasteiger partial charge on any atom is 0.344 e. The molecule has 0 saturated heterocycles. The monoisotopic (exact) mass is 348 g/mol. The molecule has 0 bridgehead atoms. The number of nitrogens with zero attached hydrogens (tertiary/aromatic N) is 1. The molecular formula is C16H13FN2O6. The highest BCUT2D eigenvalue weighted by Gasteiger charge is 2.16. The summed E-state index contributed by atoms with van der Waals surface area (Å²) in [6, 6.07) is 10.8. The van der Waals surface area contributed by atoms with Gasteiger partial charge in [-0.3, -0.25) is 14.9 Å². The molecule has 0 aliphatic rings. The minimum atomic E-state index is -0.882. The predicted molar refractivity (Wildman–Crippen MR) is 84.6 cm³/mol. The molecule has 8 nitrogen and oxygen atoms in total. The second-order valence-electron chi connectivity index (χ2n) is 4.73. The van der Waals surface area contributed by atoms with Crippen molar-refractivity contribution in [2.75, 3.05) is 18.5 Å². The molecule has 0 fully saturated rings. The van der Waals surface area contributed by atoms with Crippen LogP contribution < -0.4 is 10.1 Å². The number of amides is 1. The highest BCUT2D eigenvalue weighted by molar-refractivity contribution is 5.92. The Morgan fingerprint density at radius 2 is 1.88 bits per heavy atom. The van der Waals surface area contributed by atoms with E-state index in [-0.39, 0.29) is 17.1 Å². The molecule has 2 aromatic carbocycles. The van der Waals surface area contributed by atoms with E-state index in [1.165, 1.54) is 42.5 Å². The molecule has 9 heteroatoms. The molecule has 0 spiro atoms. The number of hydrogen-bond donors (Lipinski definition) is 1. The zero-order chi connectivity index (χ0) is 18.2. The van der Waals surface area contributed by atoms with Crippen LogP contribution in [0.25, 0.3) is 0 Å². The van der Waals surface area contributed by atoms with Gasteiger partial charge in [0.05, 0.1) is 4.92 Å². The Bertz CT molecular complexity index is 796. The first-order chi connectivity index (χ1) is 12.0. The molecule has 0 aliphatic carbocycles. The van der Waals surface area contributed by atoms with Crippen LogP contribution in [0.5, 0.6) is 5.75 Å². The minimum Gasteiger partial charge on any atom is -0.475 e. The lowest BCUT2D eigenvalue weighted by atomic mass is 10.3. The summed E-state index contributed by atoms with van der Waals surface area (Å²) in [5, 5.41) is 13.2. The summed E-state index contributed by atoms with van der Waals surface area (Å²) < 4.78 is 22.7. The van der Waals surface area contributed by atoms with Crippen molar-refractivity contribution in [3.05, 3.63) is 64.5 Å². The van der Waals surface area contributed by atoms with Crippen molar-refractivity contribution in [3.63, 3.8) is 0 Å². The van der Waals surface area contributed by atoms with Crippen molar-refractivity contribution in [2.45, 2.75) is 0 Å². The molecule has 0 aromatic heterocycles. The first-order valence-electron chi connectivity index (χ1n) is 7.03. The van der Waals surface area contributed by atoms with Gasteiger partial charge in [-0.25, -0.2) is 9.18 Å². The zero-order valence-electron chi connectivity index (χ0n) is 12.8. The number of benzene rings is 2. The van der Waals surface area contributed by atoms with Crippen LogP contribution >= 0.6 is 0 Å². The first kappa shape index (κ1) is 17.9. The van der Waals surface area contributed by atoms with Crippen molar-refractivity contribution in [1.82, 2.24) is 0 Å². The van der Waals surface area contributed by atoms with Gasteiger partial charge in [-0.05, 0) is 24.3 Å². The summed E-state index contributed by atoms with van der Waals surface area (Å²) in [7, 11) is 0. The Hall–Kier alpha value is -3.49. The van der Waals surface area contributed by atoms with Crippen LogP contribution in [-0.2, 0) is 14.3 Å². The normalized spacial score (nSPS) is 9.96. The smallest absolute Gasteiger partial charge is 0.344 e. The molecular weight excluding hydrogens is 335 g/mol. The summed E-state index contributed by atoms with van der Waals surface area (Å²) in [4.78, 5) is 33.3. The fourth-order valence-electron chi connectivity index (χ4n) is 1.82. The molecule has 0 heterocycles. The van der Waals surface area contributed by atoms with E-state index >= 15 is 0 Å². The Morgan fingerprint density at radius 1 is 1.12 bits per heavy atom. The van der Waals surface area contributed by atoms with Gasteiger partial charge in [-0.2, -0.15) is 0 Å². The van der Waals surface area contributed by atoms with E-state index in [1.807, 2.05) is 0 Å². The number of ether oxygens (including phenoxy) is 2. The van der Waals surface area contributed by atoms with E-state index in [4.69, 9.17) is 4.74 Å². The molecule has 0 aliphatic heterocycles. The number of nitro groups is 1.